The van der Waals surface area contributed by atoms with Gasteiger partial charge < -0.3 is 4.90 Å². The second kappa shape index (κ2) is 7.53. The fourth-order valence-electron chi connectivity index (χ4n) is 3.44. The number of amides is 1. The number of aromatic nitrogens is 3. The summed E-state index contributed by atoms with van der Waals surface area (Å²) in [4.78, 5) is 18.4. The number of hydrogen-bond acceptors (Lipinski definition) is 5. The molecule has 0 radical (unpaired) electrons. The van der Waals surface area contributed by atoms with E-state index in [1.54, 1.807) is 11.1 Å². The van der Waals surface area contributed by atoms with E-state index in [9.17, 15) is 17.6 Å². The second-order valence-electron chi connectivity index (χ2n) is 6.96. The first-order valence-corrected chi connectivity index (χ1v) is 10.7. The number of benzene rings is 1. The third-order valence-electron chi connectivity index (χ3n) is 4.86. The van der Waals surface area contributed by atoms with Crippen LogP contribution in [-0.2, 0) is 27.8 Å². The predicted molar refractivity (Wildman–Crippen MR) is 103 cm³/mol. The number of nitrogens with zero attached hydrogens (tertiary/aromatic N) is 4. The van der Waals surface area contributed by atoms with Gasteiger partial charge in [0.05, 0.1) is 16.3 Å². The van der Waals surface area contributed by atoms with Gasteiger partial charge in [-0.05, 0) is 25.1 Å². The molecule has 4 rings (SSSR count). The normalized spacial score (nSPS) is 14.2. The Balaban J connectivity index is 1.38. The molecule has 2 aromatic heterocycles. The zero-order chi connectivity index (χ0) is 20.6. The third-order valence-corrected chi connectivity index (χ3v) is 6.32. The molecule has 29 heavy (non-hydrogen) atoms. The van der Waals surface area contributed by atoms with Gasteiger partial charge in [-0.25, -0.2) is 27.0 Å². The molecule has 152 valence electrons. The number of sulfonamides is 1. The Morgan fingerprint density at radius 2 is 2.14 bits per heavy atom. The molecule has 1 aromatic carbocycles. The maximum Gasteiger partial charge on any atom is 0.240 e. The number of carbonyl (C=O) groups excluding carboxylic acids is 1. The summed E-state index contributed by atoms with van der Waals surface area (Å²) in [6.07, 6.45) is 2.43. The molecular formula is C19H20FN5O3S. The minimum atomic E-state index is -3.86. The molecule has 0 fully saturated rings. The zero-order valence-corrected chi connectivity index (χ0v) is 16.6. The summed E-state index contributed by atoms with van der Waals surface area (Å²) in [6.45, 7) is 2.79. The van der Waals surface area contributed by atoms with Crippen molar-refractivity contribution in [2.75, 3.05) is 13.1 Å². The number of fused-ring (bicyclic) bond motifs is 3. The number of aryl methyl sites for hydroxylation is 1. The van der Waals surface area contributed by atoms with Crippen LogP contribution in [-0.4, -0.2) is 46.9 Å². The third kappa shape index (κ3) is 3.99. The van der Waals surface area contributed by atoms with Gasteiger partial charge in [0.2, 0.25) is 15.9 Å². The number of rotatable bonds is 5. The van der Waals surface area contributed by atoms with E-state index in [1.165, 1.54) is 18.2 Å². The summed E-state index contributed by atoms with van der Waals surface area (Å²) in [7, 11) is -3.86. The predicted octanol–water partition coefficient (Wildman–Crippen LogP) is 1.43. The van der Waals surface area contributed by atoms with Crippen LogP contribution < -0.4 is 4.72 Å². The summed E-state index contributed by atoms with van der Waals surface area (Å²) in [5.41, 5.74) is 3.64. The van der Waals surface area contributed by atoms with Crippen molar-refractivity contribution >= 4 is 21.6 Å². The summed E-state index contributed by atoms with van der Waals surface area (Å²) in [6, 6.07) is 6.65. The molecule has 0 saturated heterocycles. The van der Waals surface area contributed by atoms with E-state index in [4.69, 9.17) is 0 Å². The SMILES string of the molecule is Cc1cc2ncc3c(n2n1)CCN(C(=O)CCNS(=O)(=O)c1cccc(F)c1)C3. The summed E-state index contributed by atoms with van der Waals surface area (Å²) >= 11 is 0. The smallest absolute Gasteiger partial charge is 0.240 e. The molecule has 1 aliphatic rings. The van der Waals surface area contributed by atoms with Crippen LogP contribution in [0, 0.1) is 12.7 Å². The maximum absolute atomic E-state index is 13.2. The molecule has 1 N–H and O–H groups in total. The Morgan fingerprint density at radius 3 is 2.93 bits per heavy atom. The minimum Gasteiger partial charge on any atom is -0.338 e. The van der Waals surface area contributed by atoms with Gasteiger partial charge in [-0.2, -0.15) is 5.10 Å². The van der Waals surface area contributed by atoms with E-state index in [-0.39, 0.29) is 23.8 Å². The monoisotopic (exact) mass is 417 g/mol. The molecule has 1 amide bonds. The van der Waals surface area contributed by atoms with Crippen molar-refractivity contribution in [2.45, 2.75) is 31.2 Å². The fourth-order valence-corrected chi connectivity index (χ4v) is 4.50. The van der Waals surface area contributed by atoms with Crippen LogP contribution >= 0.6 is 0 Å². The van der Waals surface area contributed by atoms with E-state index >= 15 is 0 Å². The Hall–Kier alpha value is -2.85. The van der Waals surface area contributed by atoms with Gasteiger partial charge in [-0.3, -0.25) is 4.79 Å². The highest BCUT2D eigenvalue weighted by Gasteiger charge is 2.24. The Morgan fingerprint density at radius 1 is 1.31 bits per heavy atom. The molecule has 0 saturated carbocycles. The van der Waals surface area contributed by atoms with Crippen LogP contribution in [0.2, 0.25) is 0 Å². The van der Waals surface area contributed by atoms with Gasteiger partial charge in [-0.1, -0.05) is 6.07 Å². The zero-order valence-electron chi connectivity index (χ0n) is 15.8. The highest BCUT2D eigenvalue weighted by Crippen LogP contribution is 2.20. The van der Waals surface area contributed by atoms with Crippen LogP contribution in [0.15, 0.2) is 41.4 Å². The summed E-state index contributed by atoms with van der Waals surface area (Å²) in [5, 5.41) is 4.46. The van der Waals surface area contributed by atoms with Gasteiger partial charge >= 0.3 is 0 Å². The topological polar surface area (TPSA) is 96.7 Å². The molecule has 8 nitrogen and oxygen atoms in total. The molecule has 10 heteroatoms. The summed E-state index contributed by atoms with van der Waals surface area (Å²) in [5.74, 6) is -0.791. The van der Waals surface area contributed by atoms with Gasteiger partial charge in [-0.15, -0.1) is 0 Å². The molecule has 1 aliphatic heterocycles. The lowest BCUT2D eigenvalue weighted by Crippen LogP contribution is -2.38. The molecule has 3 aromatic rings. The van der Waals surface area contributed by atoms with Crippen LogP contribution in [0.1, 0.15) is 23.4 Å². The van der Waals surface area contributed by atoms with E-state index in [0.29, 0.717) is 19.5 Å². The van der Waals surface area contributed by atoms with Gasteiger partial charge in [0.15, 0.2) is 5.65 Å². The van der Waals surface area contributed by atoms with Crippen molar-refractivity contribution in [1.29, 1.82) is 0 Å². The fraction of sp³-hybridized carbons (Fsp3) is 0.316. The lowest BCUT2D eigenvalue weighted by atomic mass is 10.1. The van der Waals surface area contributed by atoms with E-state index in [1.807, 2.05) is 17.5 Å². The highest BCUT2D eigenvalue weighted by atomic mass is 32.2. The molecule has 0 aliphatic carbocycles. The van der Waals surface area contributed by atoms with Crippen LogP contribution in [0.25, 0.3) is 5.65 Å². The first kappa shape index (κ1) is 19.5. The highest BCUT2D eigenvalue weighted by molar-refractivity contribution is 7.89. The molecule has 0 spiro atoms. The Kier molecular flexibility index (Phi) is 5.05. The van der Waals surface area contributed by atoms with Crippen LogP contribution in [0.4, 0.5) is 4.39 Å². The van der Waals surface area contributed by atoms with E-state index < -0.39 is 15.8 Å². The average Bonchev–Trinajstić information content (AvgIpc) is 3.08. The van der Waals surface area contributed by atoms with Crippen molar-refractivity contribution < 1.29 is 17.6 Å². The molecule has 0 unspecified atom stereocenters. The number of hydrogen-bond donors (Lipinski definition) is 1. The summed E-state index contributed by atoms with van der Waals surface area (Å²) < 4.78 is 41.8. The van der Waals surface area contributed by atoms with Crippen molar-refractivity contribution in [3.05, 3.63) is 59.3 Å². The molecule has 3 heterocycles. The van der Waals surface area contributed by atoms with Crippen molar-refractivity contribution in [3.63, 3.8) is 0 Å². The first-order chi connectivity index (χ1) is 13.8. The molecule has 0 bridgehead atoms. The van der Waals surface area contributed by atoms with E-state index in [2.05, 4.69) is 14.8 Å². The largest absolute Gasteiger partial charge is 0.338 e. The number of nitrogens with one attached hydrogen (secondary N) is 1. The number of halogens is 1. The van der Waals surface area contributed by atoms with Gasteiger partial charge in [0.25, 0.3) is 0 Å². The lowest BCUT2D eigenvalue weighted by Gasteiger charge is -2.28. The van der Waals surface area contributed by atoms with Crippen molar-refractivity contribution in [3.8, 4) is 0 Å². The van der Waals surface area contributed by atoms with E-state index in [0.717, 1.165) is 28.7 Å². The first-order valence-electron chi connectivity index (χ1n) is 9.19. The van der Waals surface area contributed by atoms with Crippen molar-refractivity contribution in [2.24, 2.45) is 0 Å². The van der Waals surface area contributed by atoms with Gasteiger partial charge in [0, 0.05) is 50.3 Å². The van der Waals surface area contributed by atoms with Crippen LogP contribution in [0.3, 0.4) is 0 Å². The van der Waals surface area contributed by atoms with Gasteiger partial charge in [0.1, 0.15) is 5.82 Å². The second-order valence-corrected chi connectivity index (χ2v) is 8.72. The van der Waals surface area contributed by atoms with Crippen LogP contribution in [0.5, 0.6) is 0 Å². The Bertz CT molecular complexity index is 1190. The number of carbonyl (C=O) groups is 1. The average molecular weight is 417 g/mol. The Labute approximate surface area is 167 Å². The minimum absolute atomic E-state index is 0.0143. The maximum atomic E-state index is 13.2. The quantitative estimate of drug-likeness (QED) is 0.678. The lowest BCUT2D eigenvalue weighted by molar-refractivity contribution is -0.132. The molecular weight excluding hydrogens is 397 g/mol. The van der Waals surface area contributed by atoms with Crippen molar-refractivity contribution in [1.82, 2.24) is 24.2 Å². The molecule has 0 atom stereocenters. The standard InChI is InChI=1S/C19H20FN5O3S/c1-13-9-18-21-11-14-12-24(8-6-17(14)25(18)23-13)19(26)5-7-22-29(27,28)16-4-2-3-15(20)10-16/h2-4,9-11,22H,5-8,12H2,1H3.